The van der Waals surface area contributed by atoms with Gasteiger partial charge in [0.1, 0.15) is 0 Å². The number of hydrogen-bond acceptors (Lipinski definition) is 2. The number of aliphatic imine (C=N–C) groups is 1. The van der Waals surface area contributed by atoms with Crippen molar-refractivity contribution in [3.63, 3.8) is 0 Å². The maximum atomic E-state index is 5.60. The van der Waals surface area contributed by atoms with Crippen molar-refractivity contribution in [2.24, 2.45) is 10.9 Å². The molecule has 0 saturated carbocycles. The van der Waals surface area contributed by atoms with E-state index in [-0.39, 0.29) is 24.0 Å². The first-order valence-corrected chi connectivity index (χ1v) is 7.70. The first-order chi connectivity index (χ1) is 9.11. The van der Waals surface area contributed by atoms with E-state index >= 15 is 0 Å². The van der Waals surface area contributed by atoms with Crippen molar-refractivity contribution in [3.8, 4) is 0 Å². The quantitative estimate of drug-likeness (QED) is 0.394. The summed E-state index contributed by atoms with van der Waals surface area (Å²) in [6.45, 7) is 8.54. The molecular weight excluding hydrogens is 365 g/mol. The van der Waals surface area contributed by atoms with Gasteiger partial charge in [0.15, 0.2) is 5.96 Å². The maximum absolute atomic E-state index is 5.60. The van der Waals surface area contributed by atoms with Gasteiger partial charge in [0.05, 0.1) is 6.10 Å². The van der Waals surface area contributed by atoms with E-state index in [1.54, 1.807) is 0 Å². The highest BCUT2D eigenvalue weighted by Crippen LogP contribution is 2.10. The highest BCUT2D eigenvalue weighted by atomic mass is 127. The molecule has 0 bridgehead atoms. The zero-order chi connectivity index (χ0) is 14.1. The molecule has 2 unspecified atom stereocenters. The second-order valence-corrected chi connectivity index (χ2v) is 5.96. The molecule has 1 aliphatic heterocycles. The second-order valence-electron chi connectivity index (χ2n) is 5.96. The number of halogens is 1. The van der Waals surface area contributed by atoms with Gasteiger partial charge in [-0.15, -0.1) is 24.0 Å². The smallest absolute Gasteiger partial charge is 0.191 e. The summed E-state index contributed by atoms with van der Waals surface area (Å²) in [4.78, 5) is 4.27. The average molecular weight is 397 g/mol. The lowest BCUT2D eigenvalue weighted by molar-refractivity contribution is 0.113. The normalized spacial score (nSPS) is 20.6. The highest BCUT2D eigenvalue weighted by molar-refractivity contribution is 14.0. The first-order valence-electron chi connectivity index (χ1n) is 7.70. The van der Waals surface area contributed by atoms with Crippen LogP contribution in [-0.4, -0.2) is 38.3 Å². The van der Waals surface area contributed by atoms with Gasteiger partial charge in [0.25, 0.3) is 0 Å². The minimum absolute atomic E-state index is 0. The van der Waals surface area contributed by atoms with E-state index in [0.717, 1.165) is 31.4 Å². The molecule has 0 aliphatic carbocycles. The zero-order valence-electron chi connectivity index (χ0n) is 13.4. The van der Waals surface area contributed by atoms with Gasteiger partial charge in [-0.05, 0) is 32.1 Å². The van der Waals surface area contributed by atoms with Crippen molar-refractivity contribution in [2.75, 3.05) is 20.2 Å². The summed E-state index contributed by atoms with van der Waals surface area (Å²) >= 11 is 0. The Morgan fingerprint density at radius 1 is 1.30 bits per heavy atom. The third-order valence-corrected chi connectivity index (χ3v) is 3.55. The molecule has 4 nitrogen and oxygen atoms in total. The van der Waals surface area contributed by atoms with Crippen LogP contribution < -0.4 is 10.6 Å². The SMILES string of the molecule is CN=C(NCC1CCCO1)NC(C)CCCC(C)C.I. The molecule has 20 heavy (non-hydrogen) atoms. The number of guanidine groups is 1. The molecule has 2 atom stereocenters. The number of rotatable bonds is 7. The van der Waals surface area contributed by atoms with Crippen LogP contribution in [0.4, 0.5) is 0 Å². The topological polar surface area (TPSA) is 45.7 Å². The van der Waals surface area contributed by atoms with Gasteiger partial charge in [-0.2, -0.15) is 0 Å². The summed E-state index contributed by atoms with van der Waals surface area (Å²) in [7, 11) is 1.83. The van der Waals surface area contributed by atoms with Gasteiger partial charge in [-0.1, -0.05) is 26.7 Å². The molecule has 1 rings (SSSR count). The molecular formula is C15H32IN3O. The van der Waals surface area contributed by atoms with Gasteiger partial charge in [-0.25, -0.2) is 0 Å². The summed E-state index contributed by atoms with van der Waals surface area (Å²) in [6.07, 6.45) is 6.47. The van der Waals surface area contributed by atoms with Crippen LogP contribution in [0.5, 0.6) is 0 Å². The minimum Gasteiger partial charge on any atom is -0.376 e. The van der Waals surface area contributed by atoms with Crippen LogP contribution in [0.3, 0.4) is 0 Å². The van der Waals surface area contributed by atoms with Crippen LogP contribution in [0.25, 0.3) is 0 Å². The van der Waals surface area contributed by atoms with Crippen molar-refractivity contribution in [2.45, 2.75) is 65.0 Å². The molecule has 0 aromatic carbocycles. The van der Waals surface area contributed by atoms with E-state index in [1.807, 2.05) is 7.05 Å². The van der Waals surface area contributed by atoms with Gasteiger partial charge in [-0.3, -0.25) is 4.99 Å². The Morgan fingerprint density at radius 2 is 2.05 bits per heavy atom. The number of ether oxygens (including phenoxy) is 1. The lowest BCUT2D eigenvalue weighted by atomic mass is 10.0. The van der Waals surface area contributed by atoms with Crippen LogP contribution in [-0.2, 0) is 4.74 Å². The van der Waals surface area contributed by atoms with Gasteiger partial charge < -0.3 is 15.4 Å². The van der Waals surface area contributed by atoms with Crippen molar-refractivity contribution >= 4 is 29.9 Å². The highest BCUT2D eigenvalue weighted by Gasteiger charge is 2.15. The fraction of sp³-hybridized carbons (Fsp3) is 0.933. The summed E-state index contributed by atoms with van der Waals surface area (Å²) in [5.74, 6) is 1.69. The molecule has 5 heteroatoms. The van der Waals surface area contributed by atoms with Crippen LogP contribution in [0.15, 0.2) is 4.99 Å². The predicted octanol–water partition coefficient (Wildman–Crippen LogP) is 3.16. The van der Waals surface area contributed by atoms with Crippen LogP contribution in [0, 0.1) is 5.92 Å². The van der Waals surface area contributed by atoms with Crippen molar-refractivity contribution in [1.29, 1.82) is 0 Å². The second kappa shape index (κ2) is 11.6. The Hall–Kier alpha value is -0.0400. The molecule has 0 spiro atoms. The van der Waals surface area contributed by atoms with Crippen LogP contribution in [0.1, 0.15) is 52.9 Å². The molecule has 2 N–H and O–H groups in total. The van der Waals surface area contributed by atoms with Crippen LogP contribution >= 0.6 is 24.0 Å². The molecule has 0 aromatic rings. The Balaban J connectivity index is 0.00000361. The number of nitrogens with zero attached hydrogens (tertiary/aromatic N) is 1. The number of nitrogens with one attached hydrogen (secondary N) is 2. The summed E-state index contributed by atoms with van der Waals surface area (Å²) < 4.78 is 5.60. The van der Waals surface area contributed by atoms with Crippen molar-refractivity contribution in [1.82, 2.24) is 10.6 Å². The molecule has 0 aromatic heterocycles. The molecule has 1 aliphatic rings. The van der Waals surface area contributed by atoms with E-state index in [0.29, 0.717) is 12.1 Å². The molecule has 120 valence electrons. The van der Waals surface area contributed by atoms with Crippen molar-refractivity contribution in [3.05, 3.63) is 0 Å². The Kier molecular flexibility index (Phi) is 11.6. The van der Waals surface area contributed by atoms with E-state index in [1.165, 1.54) is 25.7 Å². The summed E-state index contributed by atoms with van der Waals surface area (Å²) in [5.41, 5.74) is 0. The van der Waals surface area contributed by atoms with E-state index in [9.17, 15) is 0 Å². The average Bonchev–Trinajstić information content (AvgIpc) is 2.87. The van der Waals surface area contributed by atoms with E-state index in [2.05, 4.69) is 36.4 Å². The van der Waals surface area contributed by atoms with Crippen molar-refractivity contribution < 1.29 is 4.74 Å². The minimum atomic E-state index is 0. The lowest BCUT2D eigenvalue weighted by Gasteiger charge is -2.19. The third-order valence-electron chi connectivity index (χ3n) is 3.55. The zero-order valence-corrected chi connectivity index (χ0v) is 15.8. The van der Waals surface area contributed by atoms with Gasteiger partial charge in [0.2, 0.25) is 0 Å². The fourth-order valence-corrected chi connectivity index (χ4v) is 2.35. The predicted molar refractivity (Wildman–Crippen MR) is 97.0 cm³/mol. The first kappa shape index (κ1) is 20.0. The Morgan fingerprint density at radius 3 is 2.60 bits per heavy atom. The van der Waals surface area contributed by atoms with Gasteiger partial charge in [0, 0.05) is 26.2 Å². The maximum Gasteiger partial charge on any atom is 0.191 e. The molecule has 1 heterocycles. The summed E-state index contributed by atoms with van der Waals surface area (Å²) in [5, 5.41) is 6.80. The largest absolute Gasteiger partial charge is 0.376 e. The molecule has 0 radical (unpaired) electrons. The fourth-order valence-electron chi connectivity index (χ4n) is 2.35. The lowest BCUT2D eigenvalue weighted by Crippen LogP contribution is -2.44. The van der Waals surface area contributed by atoms with E-state index in [4.69, 9.17) is 4.74 Å². The monoisotopic (exact) mass is 397 g/mol. The Bertz CT molecular complexity index is 266. The molecule has 1 saturated heterocycles. The van der Waals surface area contributed by atoms with E-state index < -0.39 is 0 Å². The third kappa shape index (κ3) is 9.00. The standard InChI is InChI=1S/C15H31N3O.HI/c1-12(2)7-5-8-13(3)18-15(16-4)17-11-14-9-6-10-19-14;/h12-14H,5-11H2,1-4H3,(H2,16,17,18);1H. The molecule has 1 fully saturated rings. The van der Waals surface area contributed by atoms with Gasteiger partial charge >= 0.3 is 0 Å². The number of hydrogen-bond donors (Lipinski definition) is 2. The Labute approximate surface area is 141 Å². The van der Waals surface area contributed by atoms with Crippen LogP contribution in [0.2, 0.25) is 0 Å². The molecule has 0 amide bonds. The summed E-state index contributed by atoms with van der Waals surface area (Å²) in [6, 6.07) is 0.467.